The van der Waals surface area contributed by atoms with Crippen LogP contribution in [0, 0.1) is 0 Å². The van der Waals surface area contributed by atoms with E-state index in [1.807, 2.05) is 7.05 Å². The highest BCUT2D eigenvalue weighted by Crippen LogP contribution is 2.13. The summed E-state index contributed by atoms with van der Waals surface area (Å²) < 4.78 is 43.4. The number of likely N-dealkylation sites (N-methyl/N-ethyl adjacent to an activating group) is 1. The number of ether oxygens (including phenoxy) is 8. The lowest BCUT2D eigenvalue weighted by molar-refractivity contribution is -0.137. The molecule has 15 nitrogen and oxygen atoms in total. The minimum atomic E-state index is -0.686. The predicted octanol–water partition coefficient (Wildman–Crippen LogP) is 3.90. The molecule has 0 bridgehead atoms. The highest BCUT2D eigenvalue weighted by Gasteiger charge is 2.03. The summed E-state index contributed by atoms with van der Waals surface area (Å²) in [6.45, 7) is 8.70. The third-order valence-corrected chi connectivity index (χ3v) is 8.14. The van der Waals surface area contributed by atoms with E-state index < -0.39 is 5.97 Å². The average Bonchev–Trinajstić information content (AvgIpc) is 3.16. The van der Waals surface area contributed by atoms with Crippen molar-refractivity contribution in [3.63, 3.8) is 0 Å². The van der Waals surface area contributed by atoms with Crippen molar-refractivity contribution >= 4 is 17.8 Å². The Morgan fingerprint density at radius 2 is 0.667 bits per heavy atom. The van der Waals surface area contributed by atoms with Gasteiger partial charge < -0.3 is 59.0 Å². The van der Waals surface area contributed by atoms with Crippen molar-refractivity contribution in [2.24, 2.45) is 0 Å². The van der Waals surface area contributed by atoms with Crippen molar-refractivity contribution in [2.45, 2.75) is 103 Å². The van der Waals surface area contributed by atoms with E-state index in [0.717, 1.165) is 38.6 Å². The average molecular weight is 780 g/mol. The number of carbonyl (C=O) groups is 3. The van der Waals surface area contributed by atoms with Gasteiger partial charge >= 0.3 is 5.97 Å². The molecule has 0 spiro atoms. The monoisotopic (exact) mass is 780 g/mol. The molecule has 0 aromatic heterocycles. The van der Waals surface area contributed by atoms with Gasteiger partial charge in [-0.05, 0) is 19.9 Å². The molecule has 0 aromatic carbocycles. The number of carbonyl (C=O) groups excluding carboxylic acids is 2. The Labute approximate surface area is 325 Å². The summed E-state index contributed by atoms with van der Waals surface area (Å²) in [5, 5.41) is 17.3. The van der Waals surface area contributed by atoms with Crippen LogP contribution in [0.1, 0.15) is 103 Å². The molecule has 0 fully saturated rings. The SMILES string of the molecule is CNCCOCCOCCOCC(=O)NCCOCCOCCOCCOCCOCCNC(=O)CCCCCCCCCCCCCCCCC(=O)O. The fraction of sp³-hybridized carbons (Fsp3) is 0.923. The van der Waals surface area contributed by atoms with Crippen LogP contribution in [0.2, 0.25) is 0 Å². The van der Waals surface area contributed by atoms with Crippen molar-refractivity contribution in [3.05, 3.63) is 0 Å². The standard InChI is InChI=1S/C39H77N3O12/c1-40-18-21-47-24-27-53-34-35-54-36-38(44)42-20-23-49-26-29-51-31-33-52-32-30-50-28-25-48-22-19-41-37(43)16-14-12-10-8-6-4-2-3-5-7-9-11-13-15-17-39(45)46/h40H,2-36H2,1H3,(H,41,43)(H,42,44)(H,45,46). The van der Waals surface area contributed by atoms with Gasteiger partial charge in [-0.15, -0.1) is 0 Å². The molecule has 4 N–H and O–H groups in total. The number of carboxylic acids is 1. The fourth-order valence-electron chi connectivity index (χ4n) is 5.11. The largest absolute Gasteiger partial charge is 0.481 e. The van der Waals surface area contributed by atoms with Gasteiger partial charge in [0.1, 0.15) is 6.61 Å². The van der Waals surface area contributed by atoms with Gasteiger partial charge in [-0.1, -0.05) is 77.0 Å². The number of unbranched alkanes of at least 4 members (excludes halogenated alkanes) is 13. The molecular formula is C39H77N3O12. The Morgan fingerprint density at radius 3 is 1.04 bits per heavy atom. The van der Waals surface area contributed by atoms with Gasteiger partial charge in [0.15, 0.2) is 0 Å². The van der Waals surface area contributed by atoms with Crippen LogP contribution in [0.15, 0.2) is 0 Å². The molecule has 0 aliphatic carbocycles. The van der Waals surface area contributed by atoms with Crippen molar-refractivity contribution in [2.75, 3.05) is 132 Å². The van der Waals surface area contributed by atoms with Crippen LogP contribution in [0.25, 0.3) is 0 Å². The highest BCUT2D eigenvalue weighted by atomic mass is 16.6. The molecule has 320 valence electrons. The molecular weight excluding hydrogens is 702 g/mol. The number of rotatable bonds is 46. The number of hydrogen-bond donors (Lipinski definition) is 4. The van der Waals surface area contributed by atoms with Crippen LogP contribution in [0.4, 0.5) is 0 Å². The molecule has 0 aliphatic heterocycles. The van der Waals surface area contributed by atoms with Crippen LogP contribution in [-0.4, -0.2) is 155 Å². The minimum absolute atomic E-state index is 0.0154. The van der Waals surface area contributed by atoms with E-state index in [1.54, 1.807) is 0 Å². The lowest BCUT2D eigenvalue weighted by atomic mass is 10.0. The second kappa shape index (κ2) is 45.4. The van der Waals surface area contributed by atoms with Gasteiger partial charge in [0.25, 0.3) is 0 Å². The highest BCUT2D eigenvalue weighted by molar-refractivity contribution is 5.77. The van der Waals surface area contributed by atoms with Crippen LogP contribution < -0.4 is 16.0 Å². The molecule has 0 radical (unpaired) electrons. The number of aliphatic carboxylic acids is 1. The van der Waals surface area contributed by atoms with E-state index in [0.29, 0.717) is 125 Å². The number of nitrogens with one attached hydrogen (secondary N) is 3. The number of carboxylic acid groups (broad SMARTS) is 1. The first-order chi connectivity index (χ1) is 26.6. The molecule has 0 rings (SSSR count). The molecule has 0 saturated carbocycles. The van der Waals surface area contributed by atoms with E-state index in [4.69, 9.17) is 43.0 Å². The summed E-state index contributed by atoms with van der Waals surface area (Å²) in [5.41, 5.74) is 0. The summed E-state index contributed by atoms with van der Waals surface area (Å²) in [6.07, 6.45) is 17.3. The van der Waals surface area contributed by atoms with E-state index in [9.17, 15) is 14.4 Å². The van der Waals surface area contributed by atoms with E-state index in [-0.39, 0.29) is 18.4 Å². The third kappa shape index (κ3) is 46.2. The number of hydrogen-bond acceptors (Lipinski definition) is 12. The van der Waals surface area contributed by atoms with Crippen LogP contribution in [0.3, 0.4) is 0 Å². The maximum atomic E-state index is 12.0. The normalized spacial score (nSPS) is 11.3. The molecule has 0 unspecified atom stereocenters. The third-order valence-electron chi connectivity index (χ3n) is 8.14. The first-order valence-corrected chi connectivity index (χ1v) is 20.6. The van der Waals surface area contributed by atoms with Gasteiger partial charge in [0.05, 0.1) is 99.1 Å². The Hall–Kier alpha value is -1.95. The fourth-order valence-corrected chi connectivity index (χ4v) is 5.11. The topological polar surface area (TPSA) is 181 Å². The maximum absolute atomic E-state index is 12.0. The Kier molecular flexibility index (Phi) is 43.8. The molecule has 0 heterocycles. The Balaban J connectivity index is 3.20. The summed E-state index contributed by atoms with van der Waals surface area (Å²) in [6, 6.07) is 0. The molecule has 15 heteroatoms. The van der Waals surface area contributed by atoms with Crippen molar-refractivity contribution in [1.29, 1.82) is 0 Å². The number of amides is 2. The van der Waals surface area contributed by atoms with Gasteiger partial charge in [-0.3, -0.25) is 14.4 Å². The lowest BCUT2D eigenvalue weighted by Crippen LogP contribution is -2.31. The summed E-state index contributed by atoms with van der Waals surface area (Å²) in [4.78, 5) is 34.2. The van der Waals surface area contributed by atoms with Crippen LogP contribution in [0.5, 0.6) is 0 Å². The van der Waals surface area contributed by atoms with Crippen LogP contribution in [-0.2, 0) is 52.3 Å². The van der Waals surface area contributed by atoms with Gasteiger partial charge in [-0.25, -0.2) is 0 Å². The zero-order valence-electron chi connectivity index (χ0n) is 33.7. The van der Waals surface area contributed by atoms with Gasteiger partial charge in [-0.2, -0.15) is 0 Å². The van der Waals surface area contributed by atoms with E-state index in [1.165, 1.54) is 57.8 Å². The first-order valence-electron chi connectivity index (χ1n) is 20.6. The predicted molar refractivity (Wildman–Crippen MR) is 208 cm³/mol. The summed E-state index contributed by atoms with van der Waals surface area (Å²) in [5.74, 6) is -0.794. The Bertz CT molecular complexity index is 813. The maximum Gasteiger partial charge on any atom is 0.303 e. The summed E-state index contributed by atoms with van der Waals surface area (Å²) in [7, 11) is 1.87. The quantitative estimate of drug-likeness (QED) is 0.0654. The lowest BCUT2D eigenvalue weighted by Gasteiger charge is -2.09. The molecule has 0 aromatic rings. The summed E-state index contributed by atoms with van der Waals surface area (Å²) >= 11 is 0. The van der Waals surface area contributed by atoms with Gasteiger partial charge in [0, 0.05) is 32.5 Å². The molecule has 0 aliphatic rings. The molecule has 0 saturated heterocycles. The molecule has 2 amide bonds. The second-order valence-corrected chi connectivity index (χ2v) is 13.0. The second-order valence-electron chi connectivity index (χ2n) is 13.0. The van der Waals surface area contributed by atoms with Crippen molar-refractivity contribution in [1.82, 2.24) is 16.0 Å². The van der Waals surface area contributed by atoms with Crippen molar-refractivity contribution < 1.29 is 57.4 Å². The molecule has 0 atom stereocenters. The minimum Gasteiger partial charge on any atom is -0.481 e. The first kappa shape index (κ1) is 52.0. The zero-order chi connectivity index (χ0) is 39.3. The van der Waals surface area contributed by atoms with Crippen molar-refractivity contribution in [3.8, 4) is 0 Å². The zero-order valence-corrected chi connectivity index (χ0v) is 33.7. The van der Waals surface area contributed by atoms with Gasteiger partial charge in [0.2, 0.25) is 11.8 Å². The smallest absolute Gasteiger partial charge is 0.303 e. The van der Waals surface area contributed by atoms with E-state index >= 15 is 0 Å². The van der Waals surface area contributed by atoms with Crippen LogP contribution >= 0.6 is 0 Å². The molecule has 54 heavy (non-hydrogen) atoms. The van der Waals surface area contributed by atoms with E-state index in [2.05, 4.69) is 16.0 Å². The Morgan fingerprint density at radius 1 is 0.370 bits per heavy atom.